The van der Waals surface area contributed by atoms with Crippen molar-refractivity contribution >= 4 is 37.4 Å². The van der Waals surface area contributed by atoms with Crippen LogP contribution in [-0.2, 0) is 17.8 Å². The third kappa shape index (κ3) is 4.58. The third-order valence-electron chi connectivity index (χ3n) is 6.74. The monoisotopic (exact) mass is 459 g/mol. The van der Waals surface area contributed by atoms with Crippen molar-refractivity contribution in [3.63, 3.8) is 0 Å². The molecule has 1 aliphatic heterocycles. The van der Waals surface area contributed by atoms with E-state index in [0.717, 1.165) is 58.2 Å². The van der Waals surface area contributed by atoms with Crippen molar-refractivity contribution in [1.82, 2.24) is 14.7 Å². The average molecular weight is 460 g/mol. The summed E-state index contributed by atoms with van der Waals surface area (Å²) in [5.74, 6) is 0.842. The number of benzene rings is 2. The number of hydrogen-bond acceptors (Lipinski definition) is 4. The van der Waals surface area contributed by atoms with Crippen LogP contribution in [0.1, 0.15) is 36.9 Å². The highest BCUT2D eigenvalue weighted by molar-refractivity contribution is 7.26. The van der Waals surface area contributed by atoms with Gasteiger partial charge in [-0.15, -0.1) is 11.3 Å². The highest BCUT2D eigenvalue weighted by Gasteiger charge is 2.23. The molecule has 0 aliphatic carbocycles. The first-order valence-electron chi connectivity index (χ1n) is 11.8. The Kier molecular flexibility index (Phi) is 6.27. The van der Waals surface area contributed by atoms with Gasteiger partial charge in [0.25, 0.3) is 5.56 Å². The van der Waals surface area contributed by atoms with E-state index in [0.29, 0.717) is 25.3 Å². The fourth-order valence-electron chi connectivity index (χ4n) is 4.94. The fourth-order valence-corrected chi connectivity index (χ4v) is 6.07. The zero-order chi connectivity index (χ0) is 22.8. The Labute approximate surface area is 197 Å². The van der Waals surface area contributed by atoms with Crippen molar-refractivity contribution in [3.05, 3.63) is 76.2 Å². The molecule has 1 fully saturated rings. The molecule has 170 valence electrons. The lowest BCUT2D eigenvalue weighted by Crippen LogP contribution is -2.39. The fraction of sp³-hybridized carbons (Fsp3) is 0.370. The van der Waals surface area contributed by atoms with Crippen molar-refractivity contribution < 1.29 is 4.79 Å². The second-order valence-electron chi connectivity index (χ2n) is 9.03. The van der Waals surface area contributed by atoms with E-state index in [-0.39, 0.29) is 11.5 Å². The molecule has 0 atom stereocenters. The first kappa shape index (κ1) is 21.8. The molecule has 3 heterocycles. The summed E-state index contributed by atoms with van der Waals surface area (Å²) >= 11 is 1.62. The summed E-state index contributed by atoms with van der Waals surface area (Å²) in [6.45, 7) is 4.09. The van der Waals surface area contributed by atoms with Gasteiger partial charge in [-0.05, 0) is 50.2 Å². The molecule has 1 saturated heterocycles. The van der Waals surface area contributed by atoms with E-state index in [1.807, 2.05) is 36.1 Å². The van der Waals surface area contributed by atoms with Gasteiger partial charge >= 0.3 is 0 Å². The molecule has 6 heteroatoms. The summed E-state index contributed by atoms with van der Waals surface area (Å²) in [7, 11) is 0. The zero-order valence-electron chi connectivity index (χ0n) is 19.0. The standard InChI is InChI=1S/C27H29N3O2S/c1-19-26-25(22-10-5-6-11-23(22)33-26)27(32)30(28-19)15-7-12-24(31)29-16-13-21(14-17-29)18-20-8-3-2-4-9-20/h2-6,8-11,21H,7,12-18H2,1H3. The third-order valence-corrected chi connectivity index (χ3v) is 8.02. The van der Waals surface area contributed by atoms with Crippen LogP contribution >= 0.6 is 11.3 Å². The van der Waals surface area contributed by atoms with Crippen LogP contribution in [0.2, 0.25) is 0 Å². The Balaban J connectivity index is 1.18. The molecule has 5 rings (SSSR count). The Morgan fingerprint density at radius 1 is 1.06 bits per heavy atom. The summed E-state index contributed by atoms with van der Waals surface area (Å²) in [5, 5.41) is 6.30. The summed E-state index contributed by atoms with van der Waals surface area (Å²) in [5.41, 5.74) is 2.20. The maximum atomic E-state index is 13.1. The summed E-state index contributed by atoms with van der Waals surface area (Å²) in [6, 6.07) is 18.6. The molecule has 4 aromatic rings. The number of carbonyl (C=O) groups is 1. The van der Waals surface area contributed by atoms with Crippen LogP contribution in [0.3, 0.4) is 0 Å². The Morgan fingerprint density at radius 3 is 2.58 bits per heavy atom. The first-order chi connectivity index (χ1) is 16.1. The molecule has 33 heavy (non-hydrogen) atoms. The predicted octanol–water partition coefficient (Wildman–Crippen LogP) is 5.18. The second kappa shape index (κ2) is 9.48. The van der Waals surface area contributed by atoms with Crippen molar-refractivity contribution in [2.24, 2.45) is 5.92 Å². The molecule has 0 radical (unpaired) electrons. The lowest BCUT2D eigenvalue weighted by molar-refractivity contribution is -0.132. The maximum Gasteiger partial charge on any atom is 0.276 e. The lowest BCUT2D eigenvalue weighted by Gasteiger charge is -2.32. The van der Waals surface area contributed by atoms with Crippen LogP contribution in [0.4, 0.5) is 0 Å². The summed E-state index contributed by atoms with van der Waals surface area (Å²) < 4.78 is 3.63. The van der Waals surface area contributed by atoms with E-state index in [2.05, 4.69) is 35.4 Å². The molecule has 5 nitrogen and oxygen atoms in total. The molecule has 2 aromatic carbocycles. The molecule has 1 amide bonds. The van der Waals surface area contributed by atoms with Crippen molar-refractivity contribution in [2.45, 2.75) is 45.6 Å². The number of hydrogen-bond donors (Lipinski definition) is 0. The van der Waals surface area contributed by atoms with Crippen LogP contribution < -0.4 is 5.56 Å². The van der Waals surface area contributed by atoms with Crippen LogP contribution in [0.15, 0.2) is 59.4 Å². The van der Waals surface area contributed by atoms with Gasteiger partial charge in [-0.1, -0.05) is 48.5 Å². The highest BCUT2D eigenvalue weighted by Crippen LogP contribution is 2.32. The molecule has 0 unspecified atom stereocenters. The van der Waals surface area contributed by atoms with Crippen molar-refractivity contribution in [3.8, 4) is 0 Å². The first-order valence-corrected chi connectivity index (χ1v) is 12.6. The molecule has 0 N–H and O–H groups in total. The molecule has 0 bridgehead atoms. The number of nitrogens with zero attached hydrogens (tertiary/aromatic N) is 3. The Hall–Kier alpha value is -2.99. The number of fused-ring (bicyclic) bond motifs is 3. The number of aryl methyl sites for hydroxylation is 2. The van der Waals surface area contributed by atoms with E-state index in [1.54, 1.807) is 16.0 Å². The van der Waals surface area contributed by atoms with Gasteiger partial charge in [0.15, 0.2) is 0 Å². The minimum atomic E-state index is -0.0535. The number of rotatable bonds is 6. The minimum absolute atomic E-state index is 0.0535. The molecular weight excluding hydrogens is 430 g/mol. The van der Waals surface area contributed by atoms with Gasteiger partial charge in [0.05, 0.1) is 15.8 Å². The van der Waals surface area contributed by atoms with Gasteiger partial charge < -0.3 is 4.90 Å². The Bertz CT molecular complexity index is 1330. The highest BCUT2D eigenvalue weighted by atomic mass is 32.1. The largest absolute Gasteiger partial charge is 0.343 e. The van der Waals surface area contributed by atoms with Gasteiger partial charge in [-0.25, -0.2) is 4.68 Å². The lowest BCUT2D eigenvalue weighted by atomic mass is 9.90. The number of aromatic nitrogens is 2. The zero-order valence-corrected chi connectivity index (χ0v) is 19.8. The number of piperidine rings is 1. The van der Waals surface area contributed by atoms with E-state index in [9.17, 15) is 9.59 Å². The van der Waals surface area contributed by atoms with Crippen LogP contribution in [0.5, 0.6) is 0 Å². The maximum absolute atomic E-state index is 13.1. The molecular formula is C27H29N3O2S. The normalized spacial score (nSPS) is 14.9. The van der Waals surface area contributed by atoms with Gasteiger partial charge in [0.1, 0.15) is 0 Å². The Morgan fingerprint density at radius 2 is 1.79 bits per heavy atom. The topological polar surface area (TPSA) is 55.2 Å². The number of thiophene rings is 1. The number of likely N-dealkylation sites (tertiary alicyclic amines) is 1. The average Bonchev–Trinajstić information content (AvgIpc) is 3.24. The van der Waals surface area contributed by atoms with Gasteiger partial charge in [-0.2, -0.15) is 5.10 Å². The van der Waals surface area contributed by atoms with E-state index >= 15 is 0 Å². The van der Waals surface area contributed by atoms with Crippen molar-refractivity contribution in [2.75, 3.05) is 13.1 Å². The predicted molar refractivity (Wildman–Crippen MR) is 135 cm³/mol. The number of carbonyl (C=O) groups excluding carboxylic acids is 1. The molecule has 0 saturated carbocycles. The SMILES string of the molecule is Cc1nn(CCCC(=O)N2CCC(Cc3ccccc3)CC2)c(=O)c2c1sc1ccccc12. The van der Waals surface area contributed by atoms with Gasteiger partial charge in [0.2, 0.25) is 5.91 Å². The van der Waals surface area contributed by atoms with Crippen molar-refractivity contribution in [1.29, 1.82) is 0 Å². The van der Waals surface area contributed by atoms with Crippen LogP contribution in [0.25, 0.3) is 20.2 Å². The smallest absolute Gasteiger partial charge is 0.276 e. The van der Waals surface area contributed by atoms with Crippen LogP contribution in [0, 0.1) is 12.8 Å². The quantitative estimate of drug-likeness (QED) is 0.399. The second-order valence-corrected chi connectivity index (χ2v) is 10.1. The molecule has 1 aliphatic rings. The van der Waals surface area contributed by atoms with E-state index in [4.69, 9.17) is 0 Å². The number of amides is 1. The van der Waals surface area contributed by atoms with Crippen LogP contribution in [-0.4, -0.2) is 33.7 Å². The summed E-state index contributed by atoms with van der Waals surface area (Å²) in [6.07, 6.45) is 4.30. The minimum Gasteiger partial charge on any atom is -0.343 e. The molecule has 0 spiro atoms. The van der Waals surface area contributed by atoms with E-state index in [1.165, 1.54) is 5.56 Å². The molecule has 2 aromatic heterocycles. The van der Waals surface area contributed by atoms with Gasteiger partial charge in [0, 0.05) is 36.1 Å². The van der Waals surface area contributed by atoms with Gasteiger partial charge in [-0.3, -0.25) is 9.59 Å². The summed E-state index contributed by atoms with van der Waals surface area (Å²) in [4.78, 5) is 27.9. The van der Waals surface area contributed by atoms with E-state index < -0.39 is 0 Å².